The molecule has 0 radical (unpaired) electrons. The summed E-state index contributed by atoms with van der Waals surface area (Å²) in [6.07, 6.45) is 0. The third kappa shape index (κ3) is 58.3. The fraction of sp³-hybridized carbons (Fsp3) is 0. The standard InChI is InChI=1S/In.H3O4P.Sr.5H/c;1-5(2,3)4;;;;;;/h;(H3,1,2,3,4);;;;;;/q;;+2;;;;2*-1. The minimum Gasteiger partial charge on any atom is 2.00 e. The fourth-order valence-corrected chi connectivity index (χ4v) is 0. The fourth-order valence-electron chi connectivity index (χ4n) is 0. The number of hydrogen-bond donors (Lipinski definition) is 3. The molecule has 4 nitrogen and oxygen atoms in total. The maximum Gasteiger partial charge on any atom is 2.00 e. The molecule has 0 bridgehead atoms. The van der Waals surface area contributed by atoms with E-state index in [9.17, 15) is 0 Å². The molecule has 42 valence electrons. The normalized spacial score (nSPS) is 8.43. The third-order valence-electron chi connectivity index (χ3n) is 0. The first-order valence-corrected chi connectivity index (χ1v) is 2.35. The largest absolute Gasteiger partial charge is 2.00 e. The zero-order valence-corrected chi connectivity index (χ0v) is 7.27. The van der Waals surface area contributed by atoms with E-state index in [4.69, 9.17) is 19.2 Å². The molecule has 0 amide bonds. The molecule has 0 saturated heterocycles. The van der Waals surface area contributed by atoms with Crippen molar-refractivity contribution in [3.05, 3.63) is 0 Å². The molecule has 7 heteroatoms. The first-order chi connectivity index (χ1) is 2.00. The van der Waals surface area contributed by atoms with Crippen molar-refractivity contribution in [2.45, 2.75) is 0 Å². The van der Waals surface area contributed by atoms with Gasteiger partial charge in [0, 0.05) is 0 Å². The van der Waals surface area contributed by atoms with E-state index in [0.717, 1.165) is 0 Å². The van der Waals surface area contributed by atoms with Gasteiger partial charge in [0.1, 0.15) is 0 Å². The van der Waals surface area contributed by atoms with E-state index in [2.05, 4.69) is 0 Å². The van der Waals surface area contributed by atoms with Crippen LogP contribution in [0.15, 0.2) is 0 Å². The number of phosphoric acid groups is 1. The van der Waals surface area contributed by atoms with Gasteiger partial charge in [-0.2, -0.15) is 0 Å². The van der Waals surface area contributed by atoms with Crippen molar-refractivity contribution in [1.82, 2.24) is 0 Å². The summed E-state index contributed by atoms with van der Waals surface area (Å²) in [4.78, 5) is 21.6. The molecule has 0 atom stereocenters. The van der Waals surface area contributed by atoms with Gasteiger partial charge in [-0.1, -0.05) is 0 Å². The van der Waals surface area contributed by atoms with Crippen LogP contribution < -0.4 is 0 Å². The molecule has 0 fully saturated rings. The van der Waals surface area contributed by atoms with Gasteiger partial charge in [0.15, 0.2) is 0 Å². The van der Waals surface area contributed by atoms with E-state index >= 15 is 0 Å². The smallest absolute Gasteiger partial charge is 2.00 e. The van der Waals surface area contributed by atoms with Crippen molar-refractivity contribution in [2.24, 2.45) is 0 Å². The number of rotatable bonds is 0. The molecule has 0 saturated carbocycles. The zero-order valence-electron chi connectivity index (χ0n) is 4.90. The van der Waals surface area contributed by atoms with Crippen LogP contribution in [0.2, 0.25) is 0 Å². The Labute approximate surface area is 99.6 Å². The third-order valence-corrected chi connectivity index (χ3v) is 0. The number of hydrogen-bond acceptors (Lipinski definition) is 1. The second-order valence-electron chi connectivity index (χ2n) is 0.513. The van der Waals surface area contributed by atoms with Crippen LogP contribution in [-0.2, 0) is 4.57 Å². The molecule has 7 heavy (non-hydrogen) atoms. The Bertz CT molecular complexity index is 64.7. The molecule has 0 unspecified atom stereocenters. The monoisotopic (exact) mass is 306 g/mol. The minimum absolute atomic E-state index is 0. The Kier molecular flexibility index (Phi) is 15.2. The second-order valence-corrected chi connectivity index (χ2v) is 1.54. The summed E-state index contributed by atoms with van der Waals surface area (Å²) < 4.78 is 8.88. The average molecular weight is 305 g/mol. The van der Waals surface area contributed by atoms with E-state index in [1.54, 1.807) is 0 Å². The molecule has 0 heterocycles. The van der Waals surface area contributed by atoms with Gasteiger partial charge in [-0.3, -0.25) is 0 Å². The first kappa shape index (κ1) is 16.2. The van der Waals surface area contributed by atoms with Crippen molar-refractivity contribution < 1.29 is 22.1 Å². The van der Waals surface area contributed by atoms with Crippen LogP contribution in [0, 0.1) is 0 Å². The van der Waals surface area contributed by atoms with Gasteiger partial charge in [-0.05, 0) is 0 Å². The maximum absolute atomic E-state index is 8.88. The van der Waals surface area contributed by atoms with Gasteiger partial charge in [-0.25, -0.2) is 4.57 Å². The minimum atomic E-state index is -4.64. The summed E-state index contributed by atoms with van der Waals surface area (Å²) in [6.45, 7) is 0. The molecule has 0 aromatic heterocycles. The van der Waals surface area contributed by atoms with Crippen molar-refractivity contribution in [3.8, 4) is 0 Å². The molecule has 3 N–H and O–H groups in total. The predicted octanol–water partition coefficient (Wildman–Crippen LogP) is -2.27. The van der Waals surface area contributed by atoms with Crippen LogP contribution in [0.5, 0.6) is 0 Å². The van der Waals surface area contributed by atoms with E-state index < -0.39 is 7.82 Å². The van der Waals surface area contributed by atoms with Gasteiger partial charge in [0.25, 0.3) is 0 Å². The van der Waals surface area contributed by atoms with Gasteiger partial charge < -0.3 is 17.5 Å². The van der Waals surface area contributed by atoms with E-state index in [1.165, 1.54) is 0 Å². The summed E-state index contributed by atoms with van der Waals surface area (Å²) in [6, 6.07) is 0. The van der Waals surface area contributed by atoms with Gasteiger partial charge in [0.05, 0.1) is 0 Å². The Balaban J connectivity index is -0.0000000133. The van der Waals surface area contributed by atoms with E-state index in [-0.39, 0.29) is 74.2 Å². The summed E-state index contributed by atoms with van der Waals surface area (Å²) in [7, 11) is -4.64. The summed E-state index contributed by atoms with van der Waals surface area (Å²) in [5.41, 5.74) is 0. The van der Waals surface area contributed by atoms with Crippen LogP contribution in [0.3, 0.4) is 0 Å². The first-order valence-electron chi connectivity index (χ1n) is 0.783. The molecule has 0 spiro atoms. The molecule has 0 aromatic rings. The quantitative estimate of drug-likeness (QED) is 0.348. The molecular formula is H8InO4PSr. The maximum atomic E-state index is 8.88. The second kappa shape index (κ2) is 6.58. The predicted molar refractivity (Wildman–Crippen MR) is 32.2 cm³/mol. The van der Waals surface area contributed by atoms with Gasteiger partial charge in [-0.15, -0.1) is 0 Å². The van der Waals surface area contributed by atoms with Crippen LogP contribution in [0.1, 0.15) is 2.85 Å². The Morgan fingerprint density at radius 3 is 1.29 bits per heavy atom. The van der Waals surface area contributed by atoms with Gasteiger partial charge >= 0.3 is 79.1 Å². The van der Waals surface area contributed by atoms with Crippen LogP contribution >= 0.6 is 7.82 Å². The molecule has 0 aromatic carbocycles. The topological polar surface area (TPSA) is 77.8 Å². The van der Waals surface area contributed by atoms with E-state index in [1.807, 2.05) is 0 Å². The van der Waals surface area contributed by atoms with Crippen LogP contribution in [-0.4, -0.2) is 86.0 Å². The summed E-state index contributed by atoms with van der Waals surface area (Å²) >= 11 is 0. The van der Waals surface area contributed by atoms with Crippen molar-refractivity contribution in [2.75, 3.05) is 0 Å². The van der Waals surface area contributed by atoms with Crippen LogP contribution in [0.4, 0.5) is 0 Å². The van der Waals surface area contributed by atoms with Crippen molar-refractivity contribution in [1.29, 1.82) is 0 Å². The van der Waals surface area contributed by atoms with Crippen molar-refractivity contribution >= 4 is 79.1 Å². The Morgan fingerprint density at radius 2 is 1.29 bits per heavy atom. The van der Waals surface area contributed by atoms with E-state index in [0.29, 0.717) is 0 Å². The summed E-state index contributed by atoms with van der Waals surface area (Å²) in [5, 5.41) is 0. The summed E-state index contributed by atoms with van der Waals surface area (Å²) in [5.74, 6) is 0. The zero-order chi connectivity index (χ0) is 4.50. The molecule has 0 rings (SSSR count). The van der Waals surface area contributed by atoms with Crippen LogP contribution in [0.25, 0.3) is 0 Å². The Hall–Kier alpha value is 2.46. The SMILES string of the molecule is O=P(O)(O)O.[H-].[H-].[InH3].[Sr+2]. The van der Waals surface area contributed by atoms with Gasteiger partial charge in [0.2, 0.25) is 0 Å². The molecule has 0 aliphatic carbocycles. The molecule has 0 aliphatic rings. The molecular weight excluding hydrogens is 297 g/mol. The Morgan fingerprint density at radius 1 is 1.29 bits per heavy atom. The average Bonchev–Trinajstić information content (AvgIpc) is 0.722. The molecule has 0 aliphatic heterocycles. The van der Waals surface area contributed by atoms with Crippen molar-refractivity contribution in [3.63, 3.8) is 0 Å².